The van der Waals surface area contributed by atoms with E-state index in [1.807, 2.05) is 36.4 Å². The lowest BCUT2D eigenvalue weighted by atomic mass is 10.1. The van der Waals surface area contributed by atoms with Crippen LogP contribution in [0.15, 0.2) is 73.2 Å². The standard InChI is InChI=1S/C18H11BrN2O3/c19-17-8-6-12(23-17)10-20-21-18(22)16-9-14-13-4-2-1-3-11(13)5-7-15(14)24-16/h1-10H,(H,21,22)/b20-10+. The van der Waals surface area contributed by atoms with Crippen molar-refractivity contribution in [2.24, 2.45) is 5.10 Å². The first-order chi connectivity index (χ1) is 11.7. The van der Waals surface area contributed by atoms with Crippen molar-refractivity contribution in [3.05, 3.63) is 70.8 Å². The Morgan fingerprint density at radius 3 is 2.75 bits per heavy atom. The first-order valence-corrected chi connectivity index (χ1v) is 8.00. The Kier molecular flexibility index (Phi) is 3.66. The Morgan fingerprint density at radius 1 is 1.04 bits per heavy atom. The van der Waals surface area contributed by atoms with Crippen LogP contribution in [0.25, 0.3) is 21.7 Å². The van der Waals surface area contributed by atoms with Gasteiger partial charge in [0.05, 0.1) is 6.21 Å². The van der Waals surface area contributed by atoms with E-state index in [1.54, 1.807) is 18.2 Å². The quantitative estimate of drug-likeness (QED) is 0.412. The molecule has 4 aromatic rings. The van der Waals surface area contributed by atoms with Gasteiger partial charge in [-0.2, -0.15) is 5.10 Å². The molecule has 0 bridgehead atoms. The number of hydrazone groups is 1. The molecule has 0 saturated carbocycles. The maximum absolute atomic E-state index is 12.2. The van der Waals surface area contributed by atoms with E-state index < -0.39 is 5.91 Å². The lowest BCUT2D eigenvalue weighted by molar-refractivity contribution is 0.0929. The van der Waals surface area contributed by atoms with Crippen LogP contribution in [-0.2, 0) is 0 Å². The molecular weight excluding hydrogens is 372 g/mol. The molecule has 2 heterocycles. The molecule has 2 aromatic heterocycles. The van der Waals surface area contributed by atoms with Crippen molar-refractivity contribution in [3.63, 3.8) is 0 Å². The average molecular weight is 383 g/mol. The van der Waals surface area contributed by atoms with Gasteiger partial charge in [0.25, 0.3) is 0 Å². The number of amides is 1. The van der Waals surface area contributed by atoms with Crippen molar-refractivity contribution in [1.82, 2.24) is 5.43 Å². The molecule has 6 heteroatoms. The molecule has 0 saturated heterocycles. The van der Waals surface area contributed by atoms with Crippen LogP contribution in [-0.4, -0.2) is 12.1 Å². The monoisotopic (exact) mass is 382 g/mol. The van der Waals surface area contributed by atoms with E-state index in [1.165, 1.54) is 6.21 Å². The SMILES string of the molecule is O=C(N/N=C/c1ccc(Br)o1)c1cc2c(ccc3ccccc32)o1. The highest BCUT2D eigenvalue weighted by Gasteiger charge is 2.13. The minimum absolute atomic E-state index is 0.208. The summed E-state index contributed by atoms with van der Waals surface area (Å²) in [5.74, 6) is 0.314. The summed E-state index contributed by atoms with van der Waals surface area (Å²) in [5.41, 5.74) is 3.09. The second-order valence-electron chi connectivity index (χ2n) is 5.15. The summed E-state index contributed by atoms with van der Waals surface area (Å²) in [6.45, 7) is 0. The van der Waals surface area contributed by atoms with Crippen LogP contribution in [0.2, 0.25) is 0 Å². The van der Waals surface area contributed by atoms with E-state index >= 15 is 0 Å². The summed E-state index contributed by atoms with van der Waals surface area (Å²) < 4.78 is 11.5. The second-order valence-corrected chi connectivity index (χ2v) is 5.93. The van der Waals surface area contributed by atoms with Crippen LogP contribution in [0.1, 0.15) is 16.3 Å². The summed E-state index contributed by atoms with van der Waals surface area (Å²) in [6, 6.07) is 17.0. The van der Waals surface area contributed by atoms with Gasteiger partial charge in [0, 0.05) is 5.39 Å². The maximum Gasteiger partial charge on any atom is 0.307 e. The first-order valence-electron chi connectivity index (χ1n) is 7.21. The highest BCUT2D eigenvalue weighted by molar-refractivity contribution is 9.10. The summed E-state index contributed by atoms with van der Waals surface area (Å²) in [7, 11) is 0. The minimum Gasteiger partial charge on any atom is -0.451 e. The van der Waals surface area contributed by atoms with Crippen LogP contribution in [0.3, 0.4) is 0 Å². The van der Waals surface area contributed by atoms with E-state index in [0.29, 0.717) is 16.0 Å². The zero-order valence-corrected chi connectivity index (χ0v) is 13.9. The molecular formula is C18H11BrN2O3. The fraction of sp³-hybridized carbons (Fsp3) is 0. The summed E-state index contributed by atoms with van der Waals surface area (Å²) in [6.07, 6.45) is 1.42. The summed E-state index contributed by atoms with van der Waals surface area (Å²) in [5, 5.41) is 6.90. The summed E-state index contributed by atoms with van der Waals surface area (Å²) in [4.78, 5) is 12.2. The van der Waals surface area contributed by atoms with Crippen molar-refractivity contribution < 1.29 is 13.6 Å². The number of nitrogens with zero attached hydrogens (tertiary/aromatic N) is 1. The van der Waals surface area contributed by atoms with Crippen molar-refractivity contribution >= 4 is 49.8 Å². The molecule has 0 fully saturated rings. The molecule has 2 aromatic carbocycles. The highest BCUT2D eigenvalue weighted by Crippen LogP contribution is 2.28. The molecule has 0 spiro atoms. The second kappa shape index (κ2) is 5.98. The zero-order valence-electron chi connectivity index (χ0n) is 12.3. The van der Waals surface area contributed by atoms with E-state index in [4.69, 9.17) is 8.83 Å². The molecule has 1 N–H and O–H groups in total. The number of benzene rings is 2. The Hall–Kier alpha value is -2.86. The van der Waals surface area contributed by atoms with Crippen molar-refractivity contribution in [2.75, 3.05) is 0 Å². The number of rotatable bonds is 3. The van der Waals surface area contributed by atoms with Gasteiger partial charge in [-0.1, -0.05) is 30.3 Å². The van der Waals surface area contributed by atoms with Gasteiger partial charge in [-0.05, 0) is 51.0 Å². The largest absolute Gasteiger partial charge is 0.451 e. The van der Waals surface area contributed by atoms with Gasteiger partial charge in [0.2, 0.25) is 0 Å². The lowest BCUT2D eigenvalue weighted by Gasteiger charge is -1.96. The number of fused-ring (bicyclic) bond motifs is 3. The minimum atomic E-state index is -0.419. The number of hydrogen-bond acceptors (Lipinski definition) is 4. The summed E-state index contributed by atoms with van der Waals surface area (Å²) >= 11 is 3.20. The number of carbonyl (C=O) groups excluding carboxylic acids is 1. The van der Waals surface area contributed by atoms with Crippen molar-refractivity contribution in [2.45, 2.75) is 0 Å². The molecule has 0 atom stereocenters. The van der Waals surface area contributed by atoms with Crippen LogP contribution in [0.4, 0.5) is 0 Å². The zero-order chi connectivity index (χ0) is 16.5. The number of halogens is 1. The van der Waals surface area contributed by atoms with E-state index in [2.05, 4.69) is 26.5 Å². The number of nitrogens with one attached hydrogen (secondary N) is 1. The van der Waals surface area contributed by atoms with Crippen LogP contribution in [0, 0.1) is 0 Å². The first kappa shape index (κ1) is 14.7. The molecule has 24 heavy (non-hydrogen) atoms. The third-order valence-electron chi connectivity index (χ3n) is 3.60. The Balaban J connectivity index is 1.60. The Bertz CT molecular complexity index is 1080. The van der Waals surface area contributed by atoms with Crippen LogP contribution >= 0.6 is 15.9 Å². The molecule has 0 aliphatic carbocycles. The van der Waals surface area contributed by atoms with Crippen molar-refractivity contribution in [1.29, 1.82) is 0 Å². The predicted molar refractivity (Wildman–Crippen MR) is 95.2 cm³/mol. The molecule has 1 amide bonds. The average Bonchev–Trinajstić information content (AvgIpc) is 3.21. The third kappa shape index (κ3) is 2.72. The number of hydrogen-bond donors (Lipinski definition) is 1. The van der Waals surface area contributed by atoms with Gasteiger partial charge >= 0.3 is 5.91 Å². The molecule has 5 nitrogen and oxygen atoms in total. The van der Waals surface area contributed by atoms with Gasteiger partial charge in [0.15, 0.2) is 10.4 Å². The van der Waals surface area contributed by atoms with Gasteiger partial charge in [-0.25, -0.2) is 5.43 Å². The third-order valence-corrected chi connectivity index (χ3v) is 4.03. The van der Waals surface area contributed by atoms with Crippen molar-refractivity contribution in [3.8, 4) is 0 Å². The van der Waals surface area contributed by atoms with Crippen LogP contribution < -0.4 is 5.43 Å². The normalized spacial score (nSPS) is 11.5. The van der Waals surface area contributed by atoms with E-state index in [0.717, 1.165) is 16.2 Å². The predicted octanol–water partition coefficient (Wildman–Crippen LogP) is 4.71. The van der Waals surface area contributed by atoms with Gasteiger partial charge in [0.1, 0.15) is 11.3 Å². The number of carbonyl (C=O) groups is 1. The molecule has 0 aliphatic rings. The van der Waals surface area contributed by atoms with E-state index in [9.17, 15) is 4.79 Å². The molecule has 0 radical (unpaired) electrons. The Morgan fingerprint density at radius 2 is 1.92 bits per heavy atom. The smallest absolute Gasteiger partial charge is 0.307 e. The topological polar surface area (TPSA) is 67.7 Å². The van der Waals surface area contributed by atoms with Gasteiger partial charge < -0.3 is 8.83 Å². The number of furan rings is 2. The fourth-order valence-corrected chi connectivity index (χ4v) is 2.83. The highest BCUT2D eigenvalue weighted by atomic mass is 79.9. The van der Waals surface area contributed by atoms with Gasteiger partial charge in [-0.3, -0.25) is 4.79 Å². The lowest BCUT2D eigenvalue weighted by Crippen LogP contribution is -2.16. The maximum atomic E-state index is 12.2. The fourth-order valence-electron chi connectivity index (χ4n) is 2.51. The Labute approximate surface area is 145 Å². The van der Waals surface area contributed by atoms with Gasteiger partial charge in [-0.15, -0.1) is 0 Å². The van der Waals surface area contributed by atoms with Crippen LogP contribution in [0.5, 0.6) is 0 Å². The molecule has 118 valence electrons. The molecule has 4 rings (SSSR count). The molecule has 0 unspecified atom stereocenters. The van der Waals surface area contributed by atoms with E-state index in [-0.39, 0.29) is 5.76 Å². The molecule has 0 aliphatic heterocycles.